The molecule has 1 aromatic carbocycles. The molecule has 0 saturated carbocycles. The van der Waals surface area contributed by atoms with E-state index in [-0.39, 0.29) is 17.6 Å². The van der Waals surface area contributed by atoms with Gasteiger partial charge in [-0.2, -0.15) is 0 Å². The number of hydrogen-bond acceptors (Lipinski definition) is 4. The minimum absolute atomic E-state index is 0.133. The third-order valence-electron chi connectivity index (χ3n) is 4.19. The van der Waals surface area contributed by atoms with Crippen molar-refractivity contribution in [2.75, 3.05) is 13.7 Å². The number of furan rings is 1. The van der Waals surface area contributed by atoms with Crippen LogP contribution < -0.4 is 15.4 Å². The van der Waals surface area contributed by atoms with E-state index >= 15 is 0 Å². The average molecular weight is 316 g/mol. The lowest BCUT2D eigenvalue weighted by Crippen LogP contribution is -2.45. The Morgan fingerprint density at radius 3 is 3.00 bits per heavy atom. The number of rotatable bonds is 3. The summed E-state index contributed by atoms with van der Waals surface area (Å²) >= 11 is 0. The molecule has 2 heterocycles. The van der Waals surface area contributed by atoms with Crippen LogP contribution >= 0.6 is 0 Å². The lowest BCUT2D eigenvalue weighted by Gasteiger charge is -2.14. The number of carbonyl (C=O) groups is 2. The van der Waals surface area contributed by atoms with Gasteiger partial charge in [-0.3, -0.25) is 9.59 Å². The molecular formula is C17H20N2O4. The highest BCUT2D eigenvalue weighted by Gasteiger charge is 2.25. The van der Waals surface area contributed by atoms with Gasteiger partial charge in [0.1, 0.15) is 17.4 Å². The Morgan fingerprint density at radius 2 is 2.22 bits per heavy atom. The van der Waals surface area contributed by atoms with Crippen LogP contribution in [0, 0.1) is 6.92 Å². The van der Waals surface area contributed by atoms with E-state index in [1.807, 2.05) is 19.1 Å². The van der Waals surface area contributed by atoms with E-state index in [2.05, 4.69) is 10.6 Å². The molecule has 122 valence electrons. The van der Waals surface area contributed by atoms with Gasteiger partial charge < -0.3 is 19.8 Å². The minimum atomic E-state index is -0.507. The summed E-state index contributed by atoms with van der Waals surface area (Å²) in [6, 6.07) is 4.93. The van der Waals surface area contributed by atoms with Crippen molar-refractivity contribution in [1.29, 1.82) is 0 Å². The zero-order valence-electron chi connectivity index (χ0n) is 13.3. The van der Waals surface area contributed by atoms with E-state index in [0.29, 0.717) is 24.3 Å². The lowest BCUT2D eigenvalue weighted by molar-refractivity contribution is -0.122. The third kappa shape index (κ3) is 3.02. The van der Waals surface area contributed by atoms with Crippen LogP contribution in [0.1, 0.15) is 35.4 Å². The van der Waals surface area contributed by atoms with E-state index in [9.17, 15) is 9.59 Å². The Balaban J connectivity index is 1.85. The van der Waals surface area contributed by atoms with Crippen molar-refractivity contribution in [1.82, 2.24) is 10.6 Å². The van der Waals surface area contributed by atoms with Crippen molar-refractivity contribution in [2.45, 2.75) is 32.2 Å². The number of benzene rings is 1. The van der Waals surface area contributed by atoms with Crippen LogP contribution in [0.3, 0.4) is 0 Å². The monoisotopic (exact) mass is 316 g/mol. The second-order valence-corrected chi connectivity index (χ2v) is 5.73. The summed E-state index contributed by atoms with van der Waals surface area (Å²) in [6.45, 7) is 2.50. The molecule has 2 amide bonds. The molecule has 1 aromatic heterocycles. The molecule has 6 nitrogen and oxygen atoms in total. The maximum absolute atomic E-state index is 12.5. The molecule has 1 fully saturated rings. The van der Waals surface area contributed by atoms with Crippen LogP contribution in [0.4, 0.5) is 0 Å². The van der Waals surface area contributed by atoms with Gasteiger partial charge in [0.25, 0.3) is 5.91 Å². The second-order valence-electron chi connectivity index (χ2n) is 5.73. The summed E-state index contributed by atoms with van der Waals surface area (Å²) in [5.74, 6) is 0.414. The van der Waals surface area contributed by atoms with Crippen LogP contribution in [0.5, 0.6) is 5.75 Å². The van der Waals surface area contributed by atoms with Gasteiger partial charge in [0.2, 0.25) is 5.91 Å². The van der Waals surface area contributed by atoms with Crippen molar-refractivity contribution in [3.05, 3.63) is 29.5 Å². The summed E-state index contributed by atoms with van der Waals surface area (Å²) in [6.07, 6.45) is 2.48. The maximum atomic E-state index is 12.5. The molecule has 1 aliphatic heterocycles. The first-order valence-electron chi connectivity index (χ1n) is 7.76. The first-order chi connectivity index (χ1) is 11.1. The van der Waals surface area contributed by atoms with Crippen LogP contribution in [-0.4, -0.2) is 31.5 Å². The summed E-state index contributed by atoms with van der Waals surface area (Å²) in [5.41, 5.74) is 1.35. The molecule has 0 radical (unpaired) electrons. The first kappa shape index (κ1) is 15.4. The van der Waals surface area contributed by atoms with Crippen LogP contribution in [0.15, 0.2) is 22.6 Å². The molecule has 2 aromatic rings. The van der Waals surface area contributed by atoms with E-state index < -0.39 is 6.04 Å². The van der Waals surface area contributed by atoms with Gasteiger partial charge in [-0.25, -0.2) is 0 Å². The zero-order valence-corrected chi connectivity index (χ0v) is 13.3. The van der Waals surface area contributed by atoms with Gasteiger partial charge >= 0.3 is 0 Å². The number of amides is 2. The topological polar surface area (TPSA) is 80.6 Å². The summed E-state index contributed by atoms with van der Waals surface area (Å²) in [7, 11) is 1.58. The number of nitrogens with one attached hydrogen (secondary N) is 2. The first-order valence-corrected chi connectivity index (χ1v) is 7.76. The van der Waals surface area contributed by atoms with E-state index in [0.717, 1.165) is 23.8 Å². The van der Waals surface area contributed by atoms with Gasteiger partial charge in [-0.05, 0) is 38.3 Å². The van der Waals surface area contributed by atoms with Crippen molar-refractivity contribution < 1.29 is 18.7 Å². The highest BCUT2D eigenvalue weighted by atomic mass is 16.5. The Morgan fingerprint density at radius 1 is 1.39 bits per heavy atom. The quantitative estimate of drug-likeness (QED) is 0.909. The van der Waals surface area contributed by atoms with Crippen molar-refractivity contribution in [3.63, 3.8) is 0 Å². The molecule has 0 unspecified atom stereocenters. The molecule has 6 heteroatoms. The molecule has 23 heavy (non-hydrogen) atoms. The van der Waals surface area contributed by atoms with Crippen molar-refractivity contribution in [2.24, 2.45) is 0 Å². The fraction of sp³-hybridized carbons (Fsp3) is 0.412. The number of fused-ring (bicyclic) bond motifs is 1. The van der Waals surface area contributed by atoms with Gasteiger partial charge in [0, 0.05) is 23.6 Å². The Labute approximate surface area is 134 Å². The van der Waals surface area contributed by atoms with Crippen molar-refractivity contribution in [3.8, 4) is 5.75 Å². The van der Waals surface area contributed by atoms with Crippen LogP contribution in [-0.2, 0) is 4.79 Å². The fourth-order valence-corrected chi connectivity index (χ4v) is 2.85. The zero-order chi connectivity index (χ0) is 16.4. The van der Waals surface area contributed by atoms with Crippen LogP contribution in [0.25, 0.3) is 11.0 Å². The standard InChI is InChI=1S/C17H20N2O4/c1-10-12-7-6-11(22-2)9-14(12)23-15(10)17(21)19-13-5-3-4-8-18-16(13)20/h6-7,9,13H,3-5,8H2,1-2H3,(H,18,20)(H,19,21)/t13-/m0/s1. The summed E-state index contributed by atoms with van der Waals surface area (Å²) in [5, 5.41) is 6.45. The van der Waals surface area contributed by atoms with Crippen molar-refractivity contribution >= 4 is 22.8 Å². The number of carbonyl (C=O) groups excluding carboxylic acids is 2. The van der Waals surface area contributed by atoms with E-state index in [1.165, 1.54) is 0 Å². The normalized spacial score (nSPS) is 18.3. The molecule has 0 bridgehead atoms. The maximum Gasteiger partial charge on any atom is 0.287 e. The predicted octanol–water partition coefficient (Wildman–Crippen LogP) is 2.15. The predicted molar refractivity (Wildman–Crippen MR) is 85.6 cm³/mol. The summed E-state index contributed by atoms with van der Waals surface area (Å²) < 4.78 is 10.9. The Hall–Kier alpha value is -2.50. The molecule has 0 spiro atoms. The molecule has 1 atom stereocenters. The lowest BCUT2D eigenvalue weighted by atomic mass is 10.1. The molecule has 3 rings (SSSR count). The van der Waals surface area contributed by atoms with Gasteiger partial charge in [-0.1, -0.05) is 0 Å². The number of hydrogen-bond donors (Lipinski definition) is 2. The largest absolute Gasteiger partial charge is 0.497 e. The number of methoxy groups -OCH3 is 1. The molecular weight excluding hydrogens is 296 g/mol. The summed E-state index contributed by atoms with van der Waals surface area (Å²) in [4.78, 5) is 24.4. The molecule has 1 aliphatic rings. The molecule has 0 aliphatic carbocycles. The Bertz CT molecular complexity index is 750. The molecule has 2 N–H and O–H groups in total. The van der Waals surface area contributed by atoms with Gasteiger partial charge in [0.15, 0.2) is 5.76 Å². The average Bonchev–Trinajstić information content (AvgIpc) is 2.75. The van der Waals surface area contributed by atoms with Crippen LogP contribution in [0.2, 0.25) is 0 Å². The Kier molecular flexibility index (Phi) is 4.23. The SMILES string of the molecule is COc1ccc2c(C)c(C(=O)N[C@H]3CCCCNC3=O)oc2c1. The highest BCUT2D eigenvalue weighted by molar-refractivity contribution is 6.01. The second kappa shape index (κ2) is 6.32. The minimum Gasteiger partial charge on any atom is -0.497 e. The third-order valence-corrected chi connectivity index (χ3v) is 4.19. The van der Waals surface area contributed by atoms with E-state index in [4.69, 9.17) is 9.15 Å². The number of aryl methyl sites for hydroxylation is 1. The smallest absolute Gasteiger partial charge is 0.287 e. The number of ether oxygens (including phenoxy) is 1. The van der Waals surface area contributed by atoms with E-state index in [1.54, 1.807) is 13.2 Å². The fourth-order valence-electron chi connectivity index (χ4n) is 2.85. The van der Waals surface area contributed by atoms with Gasteiger partial charge in [0.05, 0.1) is 7.11 Å². The van der Waals surface area contributed by atoms with Gasteiger partial charge in [-0.15, -0.1) is 0 Å². The molecule has 1 saturated heterocycles. The highest BCUT2D eigenvalue weighted by Crippen LogP contribution is 2.28.